The van der Waals surface area contributed by atoms with E-state index in [1.54, 1.807) is 24.3 Å². The van der Waals surface area contributed by atoms with E-state index >= 15 is 0 Å². The Morgan fingerprint density at radius 1 is 1.11 bits per heavy atom. The zero-order valence-corrected chi connectivity index (χ0v) is 20.5. The molecule has 0 spiro atoms. The van der Waals surface area contributed by atoms with Crippen LogP contribution in [0, 0.1) is 0 Å². The Bertz CT molecular complexity index is 1310. The van der Waals surface area contributed by atoms with Crippen LogP contribution in [0.2, 0.25) is 4.34 Å². The molecule has 186 valence electrons. The summed E-state index contributed by atoms with van der Waals surface area (Å²) in [5, 5.41) is 2.76. The summed E-state index contributed by atoms with van der Waals surface area (Å²) < 4.78 is 71.6. The number of benzene rings is 2. The van der Waals surface area contributed by atoms with Crippen molar-refractivity contribution in [1.82, 2.24) is 9.62 Å². The maximum atomic E-state index is 12.9. The summed E-state index contributed by atoms with van der Waals surface area (Å²) >= 11 is 6.82. The highest BCUT2D eigenvalue weighted by Gasteiger charge is 2.40. The van der Waals surface area contributed by atoms with Crippen LogP contribution in [0.3, 0.4) is 0 Å². The van der Waals surface area contributed by atoms with Gasteiger partial charge in [-0.25, -0.2) is 8.42 Å². The number of alkyl halides is 3. The molecule has 0 radical (unpaired) electrons. The second-order valence-electron chi connectivity index (χ2n) is 7.82. The van der Waals surface area contributed by atoms with Crippen molar-refractivity contribution in [3.8, 4) is 11.5 Å². The molecule has 1 aliphatic rings. The summed E-state index contributed by atoms with van der Waals surface area (Å²) in [6.45, 7) is 0.398. The summed E-state index contributed by atoms with van der Waals surface area (Å²) in [6.07, 6.45) is -3.49. The normalized spacial score (nSPS) is 16.9. The molecule has 6 nitrogen and oxygen atoms in total. The minimum Gasteiger partial charge on any atom is -0.457 e. The molecule has 1 N–H and O–H groups in total. The smallest absolute Gasteiger partial charge is 0.416 e. The summed E-state index contributed by atoms with van der Waals surface area (Å²) in [5.41, 5.74) is -0.0911. The van der Waals surface area contributed by atoms with E-state index in [1.165, 1.54) is 28.6 Å². The van der Waals surface area contributed by atoms with Gasteiger partial charge < -0.3 is 10.1 Å². The molecule has 0 aliphatic carbocycles. The van der Waals surface area contributed by atoms with E-state index in [4.69, 9.17) is 16.3 Å². The van der Waals surface area contributed by atoms with Crippen molar-refractivity contribution < 1.29 is 31.1 Å². The van der Waals surface area contributed by atoms with Crippen LogP contribution in [-0.2, 0) is 27.5 Å². The van der Waals surface area contributed by atoms with Crippen LogP contribution >= 0.6 is 22.9 Å². The molecule has 1 saturated heterocycles. The van der Waals surface area contributed by atoms with E-state index < -0.39 is 33.7 Å². The molecule has 1 fully saturated rings. The third-order valence-corrected chi connectivity index (χ3v) is 9.01. The van der Waals surface area contributed by atoms with Gasteiger partial charge in [-0.15, -0.1) is 11.3 Å². The highest BCUT2D eigenvalue weighted by Crippen LogP contribution is 2.33. The number of amides is 1. The molecule has 0 unspecified atom stereocenters. The number of nitrogens with one attached hydrogen (secondary N) is 1. The highest BCUT2D eigenvalue weighted by atomic mass is 35.5. The number of thiophene rings is 1. The number of ether oxygens (including phenoxy) is 1. The fourth-order valence-electron chi connectivity index (χ4n) is 3.70. The molecule has 0 bridgehead atoms. The zero-order chi connectivity index (χ0) is 25.2. The lowest BCUT2D eigenvalue weighted by molar-refractivity contribution is -0.137. The SMILES string of the molecule is O=C(NCc1ccc(Oc2cccc(C(F)(F)F)c2)cc1)[C@@H]1CCCN1S(=O)(=O)c1ccc(Cl)s1. The van der Waals surface area contributed by atoms with Crippen molar-refractivity contribution in [2.45, 2.75) is 35.8 Å². The van der Waals surface area contributed by atoms with E-state index in [-0.39, 0.29) is 23.0 Å². The molecule has 4 rings (SSSR count). The fraction of sp³-hybridized carbons (Fsp3) is 0.261. The summed E-state index contributed by atoms with van der Waals surface area (Å²) in [4.78, 5) is 12.8. The molecule has 2 aromatic carbocycles. The van der Waals surface area contributed by atoms with Gasteiger partial charge in [0.15, 0.2) is 0 Å². The van der Waals surface area contributed by atoms with Crippen molar-refractivity contribution in [3.05, 3.63) is 76.1 Å². The van der Waals surface area contributed by atoms with Gasteiger partial charge in [-0.05, 0) is 60.9 Å². The average molecular weight is 545 g/mol. The lowest BCUT2D eigenvalue weighted by atomic mass is 10.2. The van der Waals surface area contributed by atoms with Crippen LogP contribution in [0.4, 0.5) is 13.2 Å². The first-order valence-electron chi connectivity index (χ1n) is 10.5. The van der Waals surface area contributed by atoms with Gasteiger partial charge >= 0.3 is 6.18 Å². The van der Waals surface area contributed by atoms with Gasteiger partial charge in [0.2, 0.25) is 5.91 Å². The van der Waals surface area contributed by atoms with Gasteiger partial charge in [-0.1, -0.05) is 29.8 Å². The Balaban J connectivity index is 1.36. The first-order valence-corrected chi connectivity index (χ1v) is 13.2. The van der Waals surface area contributed by atoms with Gasteiger partial charge in [-0.2, -0.15) is 17.5 Å². The quantitative estimate of drug-likeness (QED) is 0.415. The van der Waals surface area contributed by atoms with Crippen LogP contribution in [0.1, 0.15) is 24.0 Å². The van der Waals surface area contributed by atoms with Gasteiger partial charge in [0.1, 0.15) is 21.8 Å². The van der Waals surface area contributed by atoms with Crippen LogP contribution in [0.25, 0.3) is 0 Å². The number of halogens is 4. The first kappa shape index (κ1) is 25.5. The van der Waals surface area contributed by atoms with Crippen molar-refractivity contribution >= 4 is 38.9 Å². The minimum atomic E-state index is -4.47. The van der Waals surface area contributed by atoms with E-state index in [0.717, 1.165) is 23.5 Å². The van der Waals surface area contributed by atoms with Crippen molar-refractivity contribution in [3.63, 3.8) is 0 Å². The Morgan fingerprint density at radius 3 is 2.51 bits per heavy atom. The molecular formula is C23H20ClF3N2O4S2. The maximum absolute atomic E-state index is 12.9. The fourth-order valence-corrected chi connectivity index (χ4v) is 6.96. The lowest BCUT2D eigenvalue weighted by Crippen LogP contribution is -2.45. The summed E-state index contributed by atoms with van der Waals surface area (Å²) in [5.74, 6) is -0.0180. The molecular weight excluding hydrogens is 525 g/mol. The Hall–Kier alpha value is -2.60. The molecule has 2 heterocycles. The molecule has 1 atom stereocenters. The van der Waals surface area contributed by atoms with Crippen LogP contribution < -0.4 is 10.1 Å². The molecule has 1 aromatic heterocycles. The zero-order valence-electron chi connectivity index (χ0n) is 18.1. The number of carbonyl (C=O) groups excluding carboxylic acids is 1. The van der Waals surface area contributed by atoms with E-state index in [2.05, 4.69) is 5.32 Å². The van der Waals surface area contributed by atoms with E-state index in [0.29, 0.717) is 28.5 Å². The third kappa shape index (κ3) is 5.97. The molecule has 0 saturated carbocycles. The summed E-state index contributed by atoms with van der Waals surface area (Å²) in [6, 6.07) is 13.2. The standard InChI is InChI=1S/C23H20ClF3N2O4S2/c24-20-10-11-21(34-20)35(31,32)29-12-2-5-19(29)22(30)28-14-15-6-8-17(9-7-15)33-18-4-1-3-16(13-18)23(25,26)27/h1,3-4,6-11,13,19H,2,5,12,14H2,(H,28,30)/t19-/m0/s1. The van der Waals surface area contributed by atoms with Crippen molar-refractivity contribution in [1.29, 1.82) is 0 Å². The van der Waals surface area contributed by atoms with E-state index in [1.807, 2.05) is 0 Å². The number of rotatable bonds is 7. The van der Waals surface area contributed by atoms with Crippen LogP contribution in [0.5, 0.6) is 11.5 Å². The molecule has 1 aliphatic heterocycles. The predicted octanol–water partition coefficient (Wildman–Crippen LogP) is 5.68. The Kier molecular flexibility index (Phi) is 7.41. The number of nitrogens with zero attached hydrogens (tertiary/aromatic N) is 1. The van der Waals surface area contributed by atoms with E-state index in [9.17, 15) is 26.4 Å². The number of hydrogen-bond acceptors (Lipinski definition) is 5. The van der Waals surface area contributed by atoms with Crippen LogP contribution in [-0.4, -0.2) is 31.2 Å². The molecule has 1 amide bonds. The number of carbonyl (C=O) groups is 1. The topological polar surface area (TPSA) is 75.7 Å². The third-order valence-electron chi connectivity index (χ3n) is 5.41. The lowest BCUT2D eigenvalue weighted by Gasteiger charge is -2.22. The Morgan fingerprint density at radius 2 is 1.86 bits per heavy atom. The second-order valence-corrected chi connectivity index (χ2v) is 11.7. The van der Waals surface area contributed by atoms with Gasteiger partial charge in [-0.3, -0.25) is 4.79 Å². The highest BCUT2D eigenvalue weighted by molar-refractivity contribution is 7.91. The van der Waals surface area contributed by atoms with Gasteiger partial charge in [0.05, 0.1) is 9.90 Å². The van der Waals surface area contributed by atoms with Crippen molar-refractivity contribution in [2.24, 2.45) is 0 Å². The first-order chi connectivity index (χ1) is 16.5. The Labute approximate surface area is 209 Å². The average Bonchev–Trinajstić information content (AvgIpc) is 3.48. The van der Waals surface area contributed by atoms with Crippen molar-refractivity contribution in [2.75, 3.05) is 6.54 Å². The maximum Gasteiger partial charge on any atom is 0.416 e. The number of hydrogen-bond donors (Lipinski definition) is 1. The van der Waals surface area contributed by atoms with Crippen LogP contribution in [0.15, 0.2) is 64.9 Å². The molecule has 35 heavy (non-hydrogen) atoms. The van der Waals surface area contributed by atoms with Gasteiger partial charge in [0.25, 0.3) is 10.0 Å². The summed E-state index contributed by atoms with van der Waals surface area (Å²) in [7, 11) is -3.82. The molecule has 12 heteroatoms. The van der Waals surface area contributed by atoms with Gasteiger partial charge in [0, 0.05) is 13.1 Å². The minimum absolute atomic E-state index is 0.0513. The predicted molar refractivity (Wildman–Crippen MR) is 126 cm³/mol. The largest absolute Gasteiger partial charge is 0.457 e. The second kappa shape index (κ2) is 10.2. The molecule has 3 aromatic rings. The number of sulfonamides is 1. The monoisotopic (exact) mass is 544 g/mol.